The van der Waals surface area contributed by atoms with E-state index >= 15 is 0 Å². The molecule has 228 valence electrons. The van der Waals surface area contributed by atoms with E-state index in [0.29, 0.717) is 11.3 Å². The fourth-order valence-electron chi connectivity index (χ4n) is 6.33. The van der Waals surface area contributed by atoms with Gasteiger partial charge in [-0.1, -0.05) is 0 Å². The Hall–Kier alpha value is -3.94. The Kier molecular flexibility index (Phi) is 7.68. The molecule has 42 heavy (non-hydrogen) atoms. The highest BCUT2D eigenvalue weighted by molar-refractivity contribution is 6.24. The topological polar surface area (TPSA) is 206 Å². The zero-order valence-electron chi connectivity index (χ0n) is 24.8. The second-order valence-electron chi connectivity index (χ2n) is 12.7. The summed E-state index contributed by atoms with van der Waals surface area (Å²) in [5.74, 6) is -7.79. The quantitative estimate of drug-likeness (QED) is 0.179. The Morgan fingerprint density at radius 2 is 1.74 bits per heavy atom. The summed E-state index contributed by atoms with van der Waals surface area (Å²) in [5.41, 5.74) is 2.11. The molecule has 0 unspecified atom stereocenters. The minimum Gasteiger partial charge on any atom is -0.508 e. The molecule has 0 bridgehead atoms. The van der Waals surface area contributed by atoms with E-state index in [-0.39, 0.29) is 41.7 Å². The van der Waals surface area contributed by atoms with Crippen molar-refractivity contribution in [2.45, 2.75) is 50.8 Å². The Labute approximate surface area is 243 Å². The van der Waals surface area contributed by atoms with Crippen molar-refractivity contribution in [1.82, 2.24) is 10.2 Å². The number of aliphatic hydroxyl groups is 3. The molecule has 0 radical (unpaired) electrons. The molecule has 8 N–H and O–H groups in total. The summed E-state index contributed by atoms with van der Waals surface area (Å²) in [6, 6.07) is 0.409. The van der Waals surface area contributed by atoms with Crippen LogP contribution in [0.2, 0.25) is 0 Å². The predicted molar refractivity (Wildman–Crippen MR) is 155 cm³/mol. The average Bonchev–Trinajstić information content (AvgIpc) is 2.85. The molecule has 0 aromatic heterocycles. The Morgan fingerprint density at radius 3 is 2.26 bits per heavy atom. The van der Waals surface area contributed by atoms with Gasteiger partial charge in [-0.2, -0.15) is 0 Å². The van der Waals surface area contributed by atoms with E-state index in [4.69, 9.17) is 5.73 Å². The largest absolute Gasteiger partial charge is 0.508 e. The number of carbonyl (C=O) groups is 4. The second kappa shape index (κ2) is 10.4. The van der Waals surface area contributed by atoms with Crippen LogP contribution in [0.15, 0.2) is 23.0 Å². The summed E-state index contributed by atoms with van der Waals surface area (Å²) in [6.07, 6.45) is 0.117. The molecule has 13 heteroatoms. The SMILES string of the molecule is CN(C)c1cc(NC(=O)CNC(C)(C)C)c(O)c2c1C[C@H]1C[C@@H]3[C@@H](N(C)C)C(=O)C(C(N)=O)=C(O)[C@]3(O)C(=O)C1=C2O. The van der Waals surface area contributed by atoms with E-state index in [9.17, 15) is 39.6 Å². The van der Waals surface area contributed by atoms with Crippen LogP contribution in [0.5, 0.6) is 5.75 Å². The molecule has 3 aliphatic carbocycles. The van der Waals surface area contributed by atoms with Gasteiger partial charge in [0.05, 0.1) is 23.8 Å². The van der Waals surface area contributed by atoms with Crippen LogP contribution in [0.25, 0.3) is 5.76 Å². The zero-order chi connectivity index (χ0) is 31.6. The van der Waals surface area contributed by atoms with Crippen LogP contribution in [0.4, 0.5) is 11.4 Å². The summed E-state index contributed by atoms with van der Waals surface area (Å²) in [4.78, 5) is 55.3. The first-order valence-corrected chi connectivity index (χ1v) is 13.6. The molecule has 1 fully saturated rings. The number of nitrogens with one attached hydrogen (secondary N) is 2. The van der Waals surface area contributed by atoms with Crippen molar-refractivity contribution in [1.29, 1.82) is 0 Å². The average molecular weight is 586 g/mol. The molecule has 0 saturated heterocycles. The lowest BCUT2D eigenvalue weighted by molar-refractivity contribution is -0.153. The number of likely N-dealkylation sites (N-methyl/N-ethyl adjacent to an activating group) is 1. The number of hydrogen-bond acceptors (Lipinski definition) is 11. The molecular weight excluding hydrogens is 546 g/mol. The number of phenolic OH excluding ortho intramolecular Hbond substituents is 1. The predicted octanol–water partition coefficient (Wildman–Crippen LogP) is 0.357. The van der Waals surface area contributed by atoms with Gasteiger partial charge in [0.25, 0.3) is 5.91 Å². The van der Waals surface area contributed by atoms with Crippen LogP contribution in [0.1, 0.15) is 38.3 Å². The van der Waals surface area contributed by atoms with Crippen LogP contribution in [-0.4, -0.2) is 101 Å². The standard InChI is InChI=1S/C29H39N5O8/c1-28(2,3)31-11-17(35)32-15-10-16(33(4)5)13-8-12-9-14-21(34(6)7)24(38)20(27(30)41)26(40)29(14,42)25(39)18(12)23(37)19(13)22(15)36/h10,12,14,21,31,36-37,40,42H,8-9,11H2,1-7H3,(H2,30,41)(H,32,35)/t12-,14+,21+,29+/m0/s1. The maximum absolute atomic E-state index is 14.0. The van der Waals surface area contributed by atoms with Crippen molar-refractivity contribution in [2.75, 3.05) is 45.0 Å². The van der Waals surface area contributed by atoms with E-state index in [2.05, 4.69) is 10.6 Å². The van der Waals surface area contributed by atoms with Gasteiger partial charge < -0.3 is 41.7 Å². The van der Waals surface area contributed by atoms with Gasteiger partial charge in [-0.15, -0.1) is 0 Å². The van der Waals surface area contributed by atoms with E-state index in [0.717, 1.165) is 0 Å². The highest BCUT2D eigenvalue weighted by Crippen LogP contribution is 2.54. The van der Waals surface area contributed by atoms with Crippen molar-refractivity contribution in [2.24, 2.45) is 17.6 Å². The summed E-state index contributed by atoms with van der Waals surface area (Å²) in [7, 11) is 6.58. The number of amides is 2. The lowest BCUT2D eigenvalue weighted by Crippen LogP contribution is -2.65. The van der Waals surface area contributed by atoms with Gasteiger partial charge in [0.15, 0.2) is 11.4 Å². The number of nitrogens with zero attached hydrogens (tertiary/aromatic N) is 2. The molecule has 1 aromatic carbocycles. The van der Waals surface area contributed by atoms with Gasteiger partial charge >= 0.3 is 0 Å². The van der Waals surface area contributed by atoms with Gasteiger partial charge in [0.2, 0.25) is 11.7 Å². The highest BCUT2D eigenvalue weighted by Gasteiger charge is 2.64. The van der Waals surface area contributed by atoms with Crippen molar-refractivity contribution in [3.63, 3.8) is 0 Å². The van der Waals surface area contributed by atoms with Crippen LogP contribution >= 0.6 is 0 Å². The van der Waals surface area contributed by atoms with Crippen molar-refractivity contribution >= 4 is 40.5 Å². The maximum atomic E-state index is 14.0. The molecule has 13 nitrogen and oxygen atoms in total. The van der Waals surface area contributed by atoms with Crippen LogP contribution in [0.3, 0.4) is 0 Å². The number of primary amides is 1. The van der Waals surface area contributed by atoms with Gasteiger partial charge in [0.1, 0.15) is 22.8 Å². The number of nitrogens with two attached hydrogens (primary N) is 1. The molecule has 3 aliphatic rings. The maximum Gasteiger partial charge on any atom is 0.255 e. The fraction of sp³-hybridized carbons (Fsp3) is 0.517. The normalized spacial score (nSPS) is 25.7. The Morgan fingerprint density at radius 1 is 1.12 bits per heavy atom. The molecule has 0 spiro atoms. The van der Waals surface area contributed by atoms with E-state index in [1.165, 1.54) is 4.90 Å². The fourth-order valence-corrected chi connectivity index (χ4v) is 6.33. The van der Waals surface area contributed by atoms with Crippen LogP contribution < -0.4 is 21.3 Å². The first-order valence-electron chi connectivity index (χ1n) is 13.6. The summed E-state index contributed by atoms with van der Waals surface area (Å²) < 4.78 is 0. The number of hydrogen-bond donors (Lipinski definition) is 7. The third-order valence-corrected chi connectivity index (χ3v) is 8.23. The molecular formula is C29H39N5O8. The first kappa shape index (κ1) is 31.0. The Balaban J connectivity index is 1.89. The van der Waals surface area contributed by atoms with Crippen molar-refractivity contribution < 1.29 is 39.6 Å². The van der Waals surface area contributed by atoms with Crippen LogP contribution in [0, 0.1) is 11.8 Å². The summed E-state index contributed by atoms with van der Waals surface area (Å²) in [6.45, 7) is 5.62. The number of benzene rings is 1. The highest BCUT2D eigenvalue weighted by atomic mass is 16.3. The lowest BCUT2D eigenvalue weighted by atomic mass is 9.57. The molecule has 1 saturated carbocycles. The lowest BCUT2D eigenvalue weighted by Gasteiger charge is -2.50. The molecule has 4 rings (SSSR count). The molecule has 4 atom stereocenters. The number of fused-ring (bicyclic) bond motifs is 3. The smallest absolute Gasteiger partial charge is 0.255 e. The number of anilines is 2. The van der Waals surface area contributed by atoms with E-state index in [1.807, 2.05) is 20.8 Å². The molecule has 0 aliphatic heterocycles. The number of phenols is 1. The number of aromatic hydroxyl groups is 1. The number of aliphatic hydroxyl groups excluding tert-OH is 2. The summed E-state index contributed by atoms with van der Waals surface area (Å²) >= 11 is 0. The first-order chi connectivity index (χ1) is 19.3. The third kappa shape index (κ3) is 4.80. The minimum atomic E-state index is -2.73. The van der Waals surface area contributed by atoms with E-state index < -0.39 is 69.7 Å². The van der Waals surface area contributed by atoms with Crippen molar-refractivity contribution in [3.05, 3.63) is 34.1 Å². The van der Waals surface area contributed by atoms with Gasteiger partial charge in [0, 0.05) is 36.8 Å². The number of Topliss-reactive ketones (excluding diaryl/α,β-unsaturated/α-hetero) is 2. The number of ketones is 2. The number of rotatable bonds is 6. The van der Waals surface area contributed by atoms with Gasteiger partial charge in [-0.3, -0.25) is 24.1 Å². The molecule has 0 heterocycles. The van der Waals surface area contributed by atoms with Gasteiger partial charge in [-0.05, 0) is 65.3 Å². The van der Waals surface area contributed by atoms with Crippen molar-refractivity contribution in [3.8, 4) is 5.75 Å². The monoisotopic (exact) mass is 585 g/mol. The zero-order valence-corrected chi connectivity index (χ0v) is 24.8. The van der Waals surface area contributed by atoms with Crippen LogP contribution in [-0.2, 0) is 25.6 Å². The van der Waals surface area contributed by atoms with Gasteiger partial charge in [-0.25, -0.2) is 0 Å². The molecule has 1 aromatic rings. The second-order valence-corrected chi connectivity index (χ2v) is 12.7. The molecule has 2 amide bonds. The Bertz CT molecular complexity index is 1450. The van der Waals surface area contributed by atoms with E-state index in [1.54, 1.807) is 39.2 Å². The number of carbonyl (C=O) groups excluding carboxylic acids is 4. The summed E-state index contributed by atoms with van der Waals surface area (Å²) in [5, 5.41) is 51.3. The minimum absolute atomic E-state index is 0.00158. The third-order valence-electron chi connectivity index (χ3n) is 8.23.